The van der Waals surface area contributed by atoms with E-state index in [1.54, 1.807) is 23.1 Å². The summed E-state index contributed by atoms with van der Waals surface area (Å²) in [6, 6.07) is 4.78. The van der Waals surface area contributed by atoms with Gasteiger partial charge < -0.3 is 10.2 Å². The molecule has 0 aromatic heterocycles. The molecular weight excluding hydrogens is 344 g/mol. The number of carbonyl (C=O) groups is 2. The van der Waals surface area contributed by atoms with Gasteiger partial charge in [0.05, 0.1) is 5.69 Å². The summed E-state index contributed by atoms with van der Waals surface area (Å²) < 4.78 is 0.746. The number of anilines is 1. The first-order valence-electron chi connectivity index (χ1n) is 6.46. The minimum absolute atomic E-state index is 0.0399. The second kappa shape index (κ2) is 6.14. The van der Waals surface area contributed by atoms with E-state index in [2.05, 4.69) is 21.2 Å². The third-order valence-electron chi connectivity index (χ3n) is 3.28. The molecule has 0 spiro atoms. The van der Waals surface area contributed by atoms with Crippen LogP contribution in [0.4, 0.5) is 5.69 Å². The van der Waals surface area contributed by atoms with Crippen molar-refractivity contribution in [2.24, 2.45) is 5.92 Å². The molecule has 1 aromatic carbocycles. The van der Waals surface area contributed by atoms with Crippen LogP contribution in [0.5, 0.6) is 0 Å². The molecule has 1 fully saturated rings. The number of benzene rings is 1. The van der Waals surface area contributed by atoms with Crippen molar-refractivity contribution in [3.63, 3.8) is 0 Å². The first-order chi connectivity index (χ1) is 9.40. The molecule has 2 amide bonds. The Balaban J connectivity index is 2.38. The van der Waals surface area contributed by atoms with Gasteiger partial charge in [0.1, 0.15) is 6.04 Å². The number of carbonyl (C=O) groups excluding carboxylic acids is 2. The Morgan fingerprint density at radius 3 is 2.70 bits per heavy atom. The van der Waals surface area contributed by atoms with Gasteiger partial charge in [0, 0.05) is 22.5 Å². The lowest BCUT2D eigenvalue weighted by atomic mass is 10.0. The molecule has 108 valence electrons. The van der Waals surface area contributed by atoms with Crippen LogP contribution in [0.2, 0.25) is 5.02 Å². The standard InChI is InChI=1S/C14H16BrClN2O2/c1-8(2)13-14(20)18(6-5-12(19)17-13)11-4-3-9(16)7-10(11)15/h3-4,7-8,13H,5-6H2,1-2H3,(H,17,19). The third kappa shape index (κ3) is 3.15. The second-order valence-corrected chi connectivity index (χ2v) is 6.42. The van der Waals surface area contributed by atoms with Crippen molar-refractivity contribution < 1.29 is 9.59 Å². The fourth-order valence-electron chi connectivity index (χ4n) is 2.19. The summed E-state index contributed by atoms with van der Waals surface area (Å²) >= 11 is 9.35. The largest absolute Gasteiger partial charge is 0.344 e. The molecule has 0 bridgehead atoms. The van der Waals surface area contributed by atoms with E-state index in [1.165, 1.54) is 0 Å². The zero-order valence-electron chi connectivity index (χ0n) is 11.3. The number of amides is 2. The maximum atomic E-state index is 12.6. The SMILES string of the molecule is CC(C)C1NC(=O)CCN(c2ccc(Cl)cc2Br)C1=O. The van der Waals surface area contributed by atoms with Crippen LogP contribution in [0.25, 0.3) is 0 Å². The molecule has 0 saturated carbocycles. The molecule has 1 unspecified atom stereocenters. The Hall–Kier alpha value is -1.07. The van der Waals surface area contributed by atoms with Crippen LogP contribution in [0, 0.1) is 5.92 Å². The summed E-state index contributed by atoms with van der Waals surface area (Å²) in [6.45, 7) is 4.21. The lowest BCUT2D eigenvalue weighted by Gasteiger charge is -2.27. The maximum absolute atomic E-state index is 12.6. The van der Waals surface area contributed by atoms with Crippen molar-refractivity contribution >= 4 is 45.0 Å². The van der Waals surface area contributed by atoms with Crippen LogP contribution in [-0.4, -0.2) is 24.4 Å². The third-order valence-corrected chi connectivity index (χ3v) is 4.15. The molecule has 0 radical (unpaired) electrons. The first kappa shape index (κ1) is 15.3. The molecule has 1 aromatic rings. The Bertz CT molecular complexity index is 548. The van der Waals surface area contributed by atoms with Crippen molar-refractivity contribution in [2.75, 3.05) is 11.4 Å². The fourth-order valence-corrected chi connectivity index (χ4v) is 3.09. The van der Waals surface area contributed by atoms with E-state index in [0.717, 1.165) is 10.2 Å². The van der Waals surface area contributed by atoms with E-state index >= 15 is 0 Å². The van der Waals surface area contributed by atoms with E-state index in [1.807, 2.05) is 13.8 Å². The molecule has 1 saturated heterocycles. The molecule has 6 heteroatoms. The van der Waals surface area contributed by atoms with Crippen LogP contribution in [0.15, 0.2) is 22.7 Å². The predicted octanol–water partition coefficient (Wildman–Crippen LogP) is 2.98. The van der Waals surface area contributed by atoms with E-state index in [9.17, 15) is 9.59 Å². The molecule has 1 aliphatic heterocycles. The number of halogens is 2. The van der Waals surface area contributed by atoms with Crippen molar-refractivity contribution in [3.8, 4) is 0 Å². The topological polar surface area (TPSA) is 49.4 Å². The predicted molar refractivity (Wildman–Crippen MR) is 82.9 cm³/mol. The zero-order valence-corrected chi connectivity index (χ0v) is 13.7. The fraction of sp³-hybridized carbons (Fsp3) is 0.429. The van der Waals surface area contributed by atoms with Gasteiger partial charge in [-0.25, -0.2) is 0 Å². The summed E-state index contributed by atoms with van der Waals surface area (Å²) in [7, 11) is 0. The number of nitrogens with zero attached hydrogens (tertiary/aromatic N) is 1. The number of hydrogen-bond acceptors (Lipinski definition) is 2. The monoisotopic (exact) mass is 358 g/mol. The van der Waals surface area contributed by atoms with E-state index < -0.39 is 6.04 Å². The lowest BCUT2D eigenvalue weighted by molar-refractivity contribution is -0.126. The summed E-state index contributed by atoms with van der Waals surface area (Å²) in [5.41, 5.74) is 0.738. The Kier molecular flexibility index (Phi) is 4.70. The van der Waals surface area contributed by atoms with Crippen LogP contribution in [0.3, 0.4) is 0 Å². The van der Waals surface area contributed by atoms with Gasteiger partial charge >= 0.3 is 0 Å². The quantitative estimate of drug-likeness (QED) is 0.882. The lowest BCUT2D eigenvalue weighted by Crippen LogP contribution is -2.48. The Labute approximate surface area is 131 Å². The van der Waals surface area contributed by atoms with Gasteiger partial charge in [0.25, 0.3) is 0 Å². The highest BCUT2D eigenvalue weighted by Crippen LogP contribution is 2.30. The first-order valence-corrected chi connectivity index (χ1v) is 7.63. The zero-order chi connectivity index (χ0) is 14.9. The van der Waals surface area contributed by atoms with E-state index in [4.69, 9.17) is 11.6 Å². The molecular formula is C14H16BrClN2O2. The van der Waals surface area contributed by atoms with Gasteiger partial charge in [-0.1, -0.05) is 25.4 Å². The van der Waals surface area contributed by atoms with Gasteiger partial charge in [-0.05, 0) is 40.0 Å². The Morgan fingerprint density at radius 2 is 2.10 bits per heavy atom. The second-order valence-electron chi connectivity index (χ2n) is 5.12. The Morgan fingerprint density at radius 1 is 1.40 bits per heavy atom. The van der Waals surface area contributed by atoms with Crippen LogP contribution >= 0.6 is 27.5 Å². The number of hydrogen-bond donors (Lipinski definition) is 1. The average Bonchev–Trinajstić information content (AvgIpc) is 2.50. The number of nitrogens with one attached hydrogen (secondary N) is 1. The van der Waals surface area contributed by atoms with Crippen molar-refractivity contribution in [2.45, 2.75) is 26.3 Å². The molecule has 2 rings (SSSR count). The maximum Gasteiger partial charge on any atom is 0.249 e. The summed E-state index contributed by atoms with van der Waals surface area (Å²) in [5, 5.41) is 3.38. The smallest absolute Gasteiger partial charge is 0.249 e. The van der Waals surface area contributed by atoms with Crippen LogP contribution in [0.1, 0.15) is 20.3 Å². The van der Waals surface area contributed by atoms with Gasteiger partial charge in [0.2, 0.25) is 11.8 Å². The minimum atomic E-state index is -0.493. The molecule has 1 atom stereocenters. The van der Waals surface area contributed by atoms with E-state index in [-0.39, 0.29) is 17.7 Å². The molecule has 1 N–H and O–H groups in total. The van der Waals surface area contributed by atoms with Gasteiger partial charge in [-0.15, -0.1) is 0 Å². The normalized spacial score (nSPS) is 20.1. The highest BCUT2D eigenvalue weighted by Gasteiger charge is 2.33. The van der Waals surface area contributed by atoms with Crippen molar-refractivity contribution in [1.82, 2.24) is 5.32 Å². The average molecular weight is 360 g/mol. The van der Waals surface area contributed by atoms with Gasteiger partial charge in [0.15, 0.2) is 0 Å². The highest BCUT2D eigenvalue weighted by atomic mass is 79.9. The van der Waals surface area contributed by atoms with Crippen molar-refractivity contribution in [1.29, 1.82) is 0 Å². The van der Waals surface area contributed by atoms with Gasteiger partial charge in [-0.2, -0.15) is 0 Å². The molecule has 1 aliphatic rings. The van der Waals surface area contributed by atoms with Crippen molar-refractivity contribution in [3.05, 3.63) is 27.7 Å². The summed E-state index contributed by atoms with van der Waals surface area (Å²) in [5.74, 6) is -0.142. The molecule has 4 nitrogen and oxygen atoms in total. The summed E-state index contributed by atoms with van der Waals surface area (Å²) in [6.07, 6.45) is 0.296. The minimum Gasteiger partial charge on any atom is -0.344 e. The van der Waals surface area contributed by atoms with Crippen LogP contribution < -0.4 is 10.2 Å². The summed E-state index contributed by atoms with van der Waals surface area (Å²) in [4.78, 5) is 26.0. The van der Waals surface area contributed by atoms with E-state index in [0.29, 0.717) is 18.0 Å². The molecule has 20 heavy (non-hydrogen) atoms. The number of rotatable bonds is 2. The highest BCUT2D eigenvalue weighted by molar-refractivity contribution is 9.10. The molecule has 0 aliphatic carbocycles. The van der Waals surface area contributed by atoms with Gasteiger partial charge in [-0.3, -0.25) is 9.59 Å². The molecule has 1 heterocycles. The van der Waals surface area contributed by atoms with Crippen LogP contribution in [-0.2, 0) is 9.59 Å².